The first-order valence-corrected chi connectivity index (χ1v) is 8.19. The van der Waals surface area contributed by atoms with Crippen molar-refractivity contribution in [3.63, 3.8) is 0 Å². The van der Waals surface area contributed by atoms with Gasteiger partial charge in [0.1, 0.15) is 6.61 Å². The molecular formula is C14H21N5O3S. The van der Waals surface area contributed by atoms with E-state index in [1.54, 1.807) is 23.6 Å². The fourth-order valence-electron chi connectivity index (χ4n) is 1.89. The summed E-state index contributed by atoms with van der Waals surface area (Å²) < 4.78 is 12.4. The van der Waals surface area contributed by atoms with Crippen molar-refractivity contribution in [2.75, 3.05) is 32.6 Å². The van der Waals surface area contributed by atoms with Crippen molar-refractivity contribution in [3.8, 4) is 11.5 Å². The first-order valence-electron chi connectivity index (χ1n) is 7.21. The SMILES string of the molecule is COc1cc(CNCCSc2nnnn2C)ccc1OCCO. The van der Waals surface area contributed by atoms with Gasteiger partial charge in [-0.2, -0.15) is 0 Å². The average Bonchev–Trinajstić information content (AvgIpc) is 2.98. The minimum Gasteiger partial charge on any atom is -0.493 e. The lowest BCUT2D eigenvalue weighted by atomic mass is 10.2. The Morgan fingerprint density at radius 2 is 2.22 bits per heavy atom. The average molecular weight is 339 g/mol. The van der Waals surface area contributed by atoms with Gasteiger partial charge in [0.05, 0.1) is 13.7 Å². The molecule has 0 aliphatic heterocycles. The van der Waals surface area contributed by atoms with Crippen LogP contribution in [-0.4, -0.2) is 57.9 Å². The summed E-state index contributed by atoms with van der Waals surface area (Å²) in [6, 6.07) is 5.76. The fraction of sp³-hybridized carbons (Fsp3) is 0.500. The van der Waals surface area contributed by atoms with Crippen molar-refractivity contribution in [1.82, 2.24) is 25.5 Å². The van der Waals surface area contributed by atoms with Crippen LogP contribution in [0.3, 0.4) is 0 Å². The normalized spacial score (nSPS) is 10.7. The number of aliphatic hydroxyl groups excluding tert-OH is 1. The van der Waals surface area contributed by atoms with Crippen LogP contribution in [0.15, 0.2) is 23.4 Å². The van der Waals surface area contributed by atoms with Crippen LogP contribution < -0.4 is 14.8 Å². The van der Waals surface area contributed by atoms with Gasteiger partial charge in [-0.25, -0.2) is 4.68 Å². The molecular weight excluding hydrogens is 318 g/mol. The second-order valence-electron chi connectivity index (χ2n) is 4.67. The summed E-state index contributed by atoms with van der Waals surface area (Å²) in [6.45, 7) is 1.80. The summed E-state index contributed by atoms with van der Waals surface area (Å²) in [6.07, 6.45) is 0. The van der Waals surface area contributed by atoms with Crippen molar-refractivity contribution in [2.24, 2.45) is 7.05 Å². The number of nitrogens with zero attached hydrogens (tertiary/aromatic N) is 4. The predicted molar refractivity (Wildman–Crippen MR) is 86.8 cm³/mol. The van der Waals surface area contributed by atoms with Gasteiger partial charge in [0.2, 0.25) is 5.16 Å². The van der Waals surface area contributed by atoms with Crippen LogP contribution in [0.4, 0.5) is 0 Å². The van der Waals surface area contributed by atoms with E-state index in [0.29, 0.717) is 11.5 Å². The van der Waals surface area contributed by atoms with Gasteiger partial charge in [0.25, 0.3) is 0 Å². The number of aromatic nitrogens is 4. The van der Waals surface area contributed by atoms with Gasteiger partial charge < -0.3 is 19.9 Å². The van der Waals surface area contributed by atoms with Crippen molar-refractivity contribution >= 4 is 11.8 Å². The van der Waals surface area contributed by atoms with E-state index < -0.39 is 0 Å². The first kappa shape index (κ1) is 17.5. The number of aryl methyl sites for hydroxylation is 1. The number of thioether (sulfide) groups is 1. The zero-order valence-electron chi connectivity index (χ0n) is 13.2. The Morgan fingerprint density at radius 3 is 2.91 bits per heavy atom. The molecule has 0 aliphatic carbocycles. The topological polar surface area (TPSA) is 94.3 Å². The maximum Gasteiger partial charge on any atom is 0.209 e. The van der Waals surface area contributed by atoms with Crippen LogP contribution in [0.1, 0.15) is 5.56 Å². The monoisotopic (exact) mass is 339 g/mol. The van der Waals surface area contributed by atoms with E-state index in [-0.39, 0.29) is 13.2 Å². The molecule has 2 aromatic rings. The van der Waals surface area contributed by atoms with Crippen LogP contribution in [-0.2, 0) is 13.6 Å². The highest BCUT2D eigenvalue weighted by atomic mass is 32.2. The van der Waals surface area contributed by atoms with Crippen LogP contribution in [0, 0.1) is 0 Å². The van der Waals surface area contributed by atoms with E-state index in [0.717, 1.165) is 29.6 Å². The van der Waals surface area contributed by atoms with E-state index in [9.17, 15) is 0 Å². The van der Waals surface area contributed by atoms with Gasteiger partial charge in [0.15, 0.2) is 11.5 Å². The molecule has 8 nitrogen and oxygen atoms in total. The van der Waals surface area contributed by atoms with E-state index in [1.165, 1.54) is 0 Å². The van der Waals surface area contributed by atoms with E-state index in [2.05, 4.69) is 20.8 Å². The molecule has 1 heterocycles. The molecule has 0 saturated heterocycles. The lowest BCUT2D eigenvalue weighted by Gasteiger charge is -2.12. The first-order chi connectivity index (χ1) is 11.2. The number of methoxy groups -OCH3 is 1. The molecule has 0 unspecified atom stereocenters. The van der Waals surface area contributed by atoms with Crippen LogP contribution in [0.25, 0.3) is 0 Å². The number of tetrazole rings is 1. The number of rotatable bonds is 10. The molecule has 9 heteroatoms. The molecule has 0 saturated carbocycles. The Labute approximate surface area is 139 Å². The highest BCUT2D eigenvalue weighted by molar-refractivity contribution is 7.99. The molecule has 2 N–H and O–H groups in total. The van der Waals surface area contributed by atoms with Gasteiger partial charge in [-0.3, -0.25) is 0 Å². The van der Waals surface area contributed by atoms with Gasteiger partial charge in [-0.1, -0.05) is 17.8 Å². The Hall–Kier alpha value is -1.84. The third-order valence-corrected chi connectivity index (χ3v) is 4.01. The second kappa shape index (κ2) is 9.33. The number of hydrogen-bond acceptors (Lipinski definition) is 8. The van der Waals surface area contributed by atoms with Crippen molar-refractivity contribution in [1.29, 1.82) is 0 Å². The van der Waals surface area contributed by atoms with Gasteiger partial charge in [-0.15, -0.1) is 5.10 Å². The second-order valence-corrected chi connectivity index (χ2v) is 5.73. The molecule has 126 valence electrons. The Morgan fingerprint density at radius 1 is 1.35 bits per heavy atom. The molecule has 0 aliphatic rings. The molecule has 1 aromatic carbocycles. The molecule has 0 amide bonds. The number of aliphatic hydroxyl groups is 1. The number of hydrogen-bond donors (Lipinski definition) is 2. The predicted octanol–water partition coefficient (Wildman–Crippen LogP) is 0.472. The largest absolute Gasteiger partial charge is 0.493 e. The summed E-state index contributed by atoms with van der Waals surface area (Å²) >= 11 is 1.60. The molecule has 0 bridgehead atoms. The molecule has 0 spiro atoms. The zero-order chi connectivity index (χ0) is 16.5. The summed E-state index contributed by atoms with van der Waals surface area (Å²) in [7, 11) is 3.42. The Kier molecular flexibility index (Phi) is 7.11. The summed E-state index contributed by atoms with van der Waals surface area (Å²) in [4.78, 5) is 0. The molecule has 0 radical (unpaired) electrons. The molecule has 2 rings (SSSR count). The maximum atomic E-state index is 8.81. The van der Waals surface area contributed by atoms with Crippen molar-refractivity contribution < 1.29 is 14.6 Å². The standard InChI is InChI=1S/C14H21N5O3S/c1-19-14(16-17-18-19)23-8-5-15-10-11-3-4-12(22-7-6-20)13(9-11)21-2/h3-4,9,15,20H,5-8,10H2,1-2H3. The lowest BCUT2D eigenvalue weighted by Crippen LogP contribution is -2.17. The van der Waals surface area contributed by atoms with E-state index in [4.69, 9.17) is 14.6 Å². The van der Waals surface area contributed by atoms with Gasteiger partial charge in [0, 0.05) is 25.9 Å². The fourth-order valence-corrected chi connectivity index (χ4v) is 2.63. The van der Waals surface area contributed by atoms with Crippen LogP contribution in [0.5, 0.6) is 11.5 Å². The number of nitrogens with one attached hydrogen (secondary N) is 1. The highest BCUT2D eigenvalue weighted by Crippen LogP contribution is 2.27. The lowest BCUT2D eigenvalue weighted by molar-refractivity contribution is 0.196. The van der Waals surface area contributed by atoms with Gasteiger partial charge in [-0.05, 0) is 28.1 Å². The van der Waals surface area contributed by atoms with Crippen molar-refractivity contribution in [3.05, 3.63) is 23.8 Å². The van der Waals surface area contributed by atoms with Crippen molar-refractivity contribution in [2.45, 2.75) is 11.7 Å². The number of ether oxygens (including phenoxy) is 2. The highest BCUT2D eigenvalue weighted by Gasteiger charge is 2.06. The minimum absolute atomic E-state index is 0.0227. The Bertz CT molecular complexity index is 608. The van der Waals surface area contributed by atoms with Gasteiger partial charge >= 0.3 is 0 Å². The molecule has 0 fully saturated rings. The molecule has 1 aromatic heterocycles. The third-order valence-electron chi connectivity index (χ3n) is 3.00. The summed E-state index contributed by atoms with van der Waals surface area (Å²) in [5.74, 6) is 2.18. The minimum atomic E-state index is -0.0227. The number of benzene rings is 1. The quantitative estimate of drug-likeness (QED) is 0.477. The molecule has 23 heavy (non-hydrogen) atoms. The Balaban J connectivity index is 1.75. The zero-order valence-corrected chi connectivity index (χ0v) is 14.0. The van der Waals surface area contributed by atoms with E-state index in [1.807, 2.05) is 25.2 Å². The smallest absolute Gasteiger partial charge is 0.209 e. The third kappa shape index (κ3) is 5.38. The van der Waals surface area contributed by atoms with E-state index >= 15 is 0 Å². The van der Waals surface area contributed by atoms with Crippen LogP contribution >= 0.6 is 11.8 Å². The maximum absolute atomic E-state index is 8.81. The summed E-state index contributed by atoms with van der Waals surface area (Å²) in [5, 5.41) is 24.3. The molecule has 0 atom stereocenters. The summed E-state index contributed by atoms with van der Waals surface area (Å²) in [5.41, 5.74) is 1.10. The van der Waals surface area contributed by atoms with Crippen LogP contribution in [0.2, 0.25) is 0 Å².